The molecule has 1 saturated heterocycles. The van der Waals surface area contributed by atoms with Crippen LogP contribution in [0, 0.1) is 5.92 Å². The van der Waals surface area contributed by atoms with Gasteiger partial charge in [-0.3, -0.25) is 4.79 Å². The van der Waals surface area contributed by atoms with Gasteiger partial charge < -0.3 is 10.2 Å². The van der Waals surface area contributed by atoms with Crippen LogP contribution in [0.25, 0.3) is 5.69 Å². The van der Waals surface area contributed by atoms with Crippen LogP contribution in [0.3, 0.4) is 0 Å². The van der Waals surface area contributed by atoms with Crippen LogP contribution in [-0.2, 0) is 0 Å². The van der Waals surface area contributed by atoms with Gasteiger partial charge in [-0.05, 0) is 44.1 Å². The molecule has 2 heterocycles. The van der Waals surface area contributed by atoms with E-state index in [0.29, 0.717) is 11.5 Å². The van der Waals surface area contributed by atoms with E-state index < -0.39 is 0 Å². The molecule has 1 aromatic heterocycles. The molecule has 1 aliphatic rings. The van der Waals surface area contributed by atoms with Gasteiger partial charge in [-0.1, -0.05) is 22.0 Å². The van der Waals surface area contributed by atoms with Crippen LogP contribution >= 0.6 is 15.9 Å². The van der Waals surface area contributed by atoms with Crippen molar-refractivity contribution in [3.05, 3.63) is 46.7 Å². The van der Waals surface area contributed by atoms with Crippen LogP contribution in [0.1, 0.15) is 16.8 Å². The van der Waals surface area contributed by atoms with E-state index in [2.05, 4.69) is 26.3 Å². The summed E-state index contributed by atoms with van der Waals surface area (Å²) in [6.07, 6.45) is 4.51. The average molecular weight is 363 g/mol. The third-order valence-corrected chi connectivity index (χ3v) is 4.46. The topological polar surface area (TPSA) is 50.2 Å². The Hall–Kier alpha value is -1.66. The number of benzene rings is 1. The lowest BCUT2D eigenvalue weighted by molar-refractivity contribution is 0.0787. The number of amides is 1. The largest absolute Gasteiger partial charge is 0.338 e. The molecule has 5 nitrogen and oxygen atoms in total. The monoisotopic (exact) mass is 362 g/mol. The predicted molar refractivity (Wildman–Crippen MR) is 89.2 cm³/mol. The van der Waals surface area contributed by atoms with Crippen molar-refractivity contribution >= 4 is 21.8 Å². The van der Waals surface area contributed by atoms with E-state index in [1.807, 2.05) is 36.2 Å². The number of halogens is 1. The van der Waals surface area contributed by atoms with E-state index in [1.165, 1.54) is 0 Å². The summed E-state index contributed by atoms with van der Waals surface area (Å²) in [6, 6.07) is 7.85. The van der Waals surface area contributed by atoms with E-state index in [9.17, 15) is 4.79 Å². The van der Waals surface area contributed by atoms with Gasteiger partial charge in [-0.25, -0.2) is 4.68 Å². The lowest BCUT2D eigenvalue weighted by Gasteiger charge is -2.15. The Balaban J connectivity index is 1.72. The molecule has 116 valence electrons. The summed E-state index contributed by atoms with van der Waals surface area (Å²) < 4.78 is 2.72. The maximum absolute atomic E-state index is 12.6. The number of hydrogen-bond donors (Lipinski definition) is 1. The molecule has 1 aliphatic heterocycles. The van der Waals surface area contributed by atoms with Crippen molar-refractivity contribution in [1.29, 1.82) is 0 Å². The molecule has 6 heteroatoms. The molecular formula is C16H19BrN4O. The summed E-state index contributed by atoms with van der Waals surface area (Å²) >= 11 is 3.45. The van der Waals surface area contributed by atoms with Gasteiger partial charge in [0.25, 0.3) is 5.91 Å². The smallest absolute Gasteiger partial charge is 0.257 e. The molecule has 1 amide bonds. The highest BCUT2D eigenvalue weighted by atomic mass is 79.9. The Morgan fingerprint density at radius 2 is 2.36 bits per heavy atom. The number of rotatable bonds is 4. The molecule has 0 radical (unpaired) electrons. The third-order valence-electron chi connectivity index (χ3n) is 3.97. The average Bonchev–Trinajstić information content (AvgIpc) is 3.16. The van der Waals surface area contributed by atoms with Gasteiger partial charge in [-0.15, -0.1) is 0 Å². The second-order valence-corrected chi connectivity index (χ2v) is 6.53. The first-order valence-electron chi connectivity index (χ1n) is 7.42. The fourth-order valence-corrected chi connectivity index (χ4v) is 3.24. The van der Waals surface area contributed by atoms with Crippen LogP contribution in [0.4, 0.5) is 0 Å². The van der Waals surface area contributed by atoms with Gasteiger partial charge in [0.2, 0.25) is 0 Å². The van der Waals surface area contributed by atoms with Crippen molar-refractivity contribution in [2.45, 2.75) is 6.42 Å². The van der Waals surface area contributed by atoms with Gasteiger partial charge in [0, 0.05) is 23.8 Å². The van der Waals surface area contributed by atoms with E-state index >= 15 is 0 Å². The molecule has 0 bridgehead atoms. The van der Waals surface area contributed by atoms with Crippen molar-refractivity contribution in [3.63, 3.8) is 0 Å². The molecule has 1 fully saturated rings. The Labute approximate surface area is 138 Å². The molecule has 0 spiro atoms. The highest BCUT2D eigenvalue weighted by Gasteiger charge is 2.27. The molecule has 0 aliphatic carbocycles. The maximum atomic E-state index is 12.6. The zero-order valence-electron chi connectivity index (χ0n) is 12.5. The van der Waals surface area contributed by atoms with Crippen LogP contribution in [0.5, 0.6) is 0 Å². The minimum Gasteiger partial charge on any atom is -0.338 e. The van der Waals surface area contributed by atoms with E-state index in [-0.39, 0.29) is 5.91 Å². The molecule has 22 heavy (non-hydrogen) atoms. The first-order valence-corrected chi connectivity index (χ1v) is 8.21. The Morgan fingerprint density at radius 1 is 1.50 bits per heavy atom. The molecule has 1 aromatic carbocycles. The van der Waals surface area contributed by atoms with Crippen LogP contribution < -0.4 is 5.32 Å². The van der Waals surface area contributed by atoms with Crippen LogP contribution in [0.15, 0.2) is 41.1 Å². The molecule has 1 atom stereocenters. The van der Waals surface area contributed by atoms with Crippen molar-refractivity contribution in [3.8, 4) is 5.69 Å². The molecule has 3 rings (SSSR count). The first kappa shape index (κ1) is 15.2. The lowest BCUT2D eigenvalue weighted by atomic mass is 10.1. The van der Waals surface area contributed by atoms with E-state index in [0.717, 1.165) is 36.2 Å². The lowest BCUT2D eigenvalue weighted by Crippen LogP contribution is -2.30. The van der Waals surface area contributed by atoms with Gasteiger partial charge in [0.1, 0.15) is 0 Å². The van der Waals surface area contributed by atoms with Gasteiger partial charge in [0.15, 0.2) is 0 Å². The summed E-state index contributed by atoms with van der Waals surface area (Å²) in [6.45, 7) is 2.61. The van der Waals surface area contributed by atoms with E-state index in [1.54, 1.807) is 17.1 Å². The Kier molecular flexibility index (Phi) is 4.59. The summed E-state index contributed by atoms with van der Waals surface area (Å²) in [5.41, 5.74) is 1.58. The normalized spacial score (nSPS) is 17.9. The van der Waals surface area contributed by atoms with Crippen molar-refractivity contribution in [2.75, 3.05) is 26.7 Å². The van der Waals surface area contributed by atoms with Crippen LogP contribution in [0.2, 0.25) is 0 Å². The zero-order valence-corrected chi connectivity index (χ0v) is 14.1. The second kappa shape index (κ2) is 6.62. The fourth-order valence-electron chi connectivity index (χ4n) is 2.85. The fraction of sp³-hybridized carbons (Fsp3) is 0.375. The predicted octanol–water partition coefficient (Wildman–Crippen LogP) is 2.32. The number of aromatic nitrogens is 2. The SMILES string of the molecule is CNCC1CCN(C(=O)c2cnn(-c3cccc(Br)c3)c2)C1. The number of carbonyl (C=O) groups is 1. The number of hydrogen-bond acceptors (Lipinski definition) is 3. The third kappa shape index (κ3) is 3.23. The summed E-state index contributed by atoms with van der Waals surface area (Å²) in [5.74, 6) is 0.619. The highest BCUT2D eigenvalue weighted by Crippen LogP contribution is 2.19. The molecule has 1 unspecified atom stereocenters. The van der Waals surface area contributed by atoms with Crippen molar-refractivity contribution in [1.82, 2.24) is 20.0 Å². The minimum absolute atomic E-state index is 0.0693. The highest BCUT2D eigenvalue weighted by molar-refractivity contribution is 9.10. The standard InChI is InChI=1S/C16H19BrN4O/c1-18-8-12-5-6-20(10-12)16(22)13-9-19-21(11-13)15-4-2-3-14(17)7-15/h2-4,7,9,11-12,18H,5-6,8,10H2,1H3. The second-order valence-electron chi connectivity index (χ2n) is 5.62. The van der Waals surface area contributed by atoms with Crippen LogP contribution in [-0.4, -0.2) is 47.3 Å². The quantitative estimate of drug-likeness (QED) is 0.907. The Morgan fingerprint density at radius 3 is 3.14 bits per heavy atom. The minimum atomic E-state index is 0.0693. The zero-order chi connectivity index (χ0) is 15.5. The summed E-state index contributed by atoms with van der Waals surface area (Å²) in [7, 11) is 1.95. The molecule has 1 N–H and O–H groups in total. The maximum Gasteiger partial charge on any atom is 0.257 e. The van der Waals surface area contributed by atoms with Crippen molar-refractivity contribution in [2.24, 2.45) is 5.92 Å². The van der Waals surface area contributed by atoms with Crippen molar-refractivity contribution < 1.29 is 4.79 Å². The van der Waals surface area contributed by atoms with E-state index in [4.69, 9.17) is 0 Å². The summed E-state index contributed by atoms with van der Waals surface area (Å²) in [5, 5.41) is 7.49. The number of carbonyl (C=O) groups excluding carboxylic acids is 1. The molecule has 2 aromatic rings. The number of nitrogens with one attached hydrogen (secondary N) is 1. The summed E-state index contributed by atoms with van der Waals surface area (Å²) in [4.78, 5) is 14.5. The molecular weight excluding hydrogens is 344 g/mol. The van der Waals surface area contributed by atoms with Gasteiger partial charge in [-0.2, -0.15) is 5.10 Å². The van der Waals surface area contributed by atoms with Gasteiger partial charge in [0.05, 0.1) is 17.4 Å². The van der Waals surface area contributed by atoms with Gasteiger partial charge >= 0.3 is 0 Å². The number of nitrogens with zero attached hydrogens (tertiary/aromatic N) is 3. The number of likely N-dealkylation sites (tertiary alicyclic amines) is 1. The first-order chi connectivity index (χ1) is 10.7. The Bertz CT molecular complexity index is 670. The molecule has 0 saturated carbocycles.